The quantitative estimate of drug-likeness (QED) is 0.755. The largest absolute Gasteiger partial charge is 0.496 e. The molecule has 1 aliphatic heterocycles. The normalized spacial score (nSPS) is 14.8. The fourth-order valence-corrected chi connectivity index (χ4v) is 1.54. The summed E-state index contributed by atoms with van der Waals surface area (Å²) in [6, 6.07) is 6.77. The molecule has 1 aliphatic rings. The molecule has 0 N–H and O–H groups in total. The summed E-state index contributed by atoms with van der Waals surface area (Å²) in [5.41, 5.74) is 0.365. The highest BCUT2D eigenvalue weighted by Gasteiger charge is 2.30. The number of amides is 2. The molecule has 5 heteroatoms. The van der Waals surface area contributed by atoms with E-state index in [1.54, 1.807) is 24.3 Å². The van der Waals surface area contributed by atoms with E-state index in [2.05, 4.69) is 0 Å². The van der Waals surface area contributed by atoms with Gasteiger partial charge in [0.2, 0.25) is 0 Å². The van der Waals surface area contributed by atoms with Gasteiger partial charge in [0.15, 0.2) is 0 Å². The zero-order valence-electron chi connectivity index (χ0n) is 8.80. The van der Waals surface area contributed by atoms with Crippen molar-refractivity contribution in [1.82, 2.24) is 4.90 Å². The maximum absolute atomic E-state index is 12.0. The van der Waals surface area contributed by atoms with E-state index < -0.39 is 6.09 Å². The van der Waals surface area contributed by atoms with E-state index in [0.717, 1.165) is 4.90 Å². The van der Waals surface area contributed by atoms with Crippen molar-refractivity contribution in [1.29, 1.82) is 0 Å². The molecule has 1 fully saturated rings. The number of ether oxygens (including phenoxy) is 2. The number of carbonyl (C=O) groups is 2. The first kappa shape index (κ1) is 10.5. The molecule has 0 saturated carbocycles. The smallest absolute Gasteiger partial charge is 0.416 e. The average Bonchev–Trinajstić information content (AvgIpc) is 2.74. The molecule has 2 rings (SSSR count). The van der Waals surface area contributed by atoms with Gasteiger partial charge in [-0.2, -0.15) is 0 Å². The Morgan fingerprint density at radius 2 is 2.19 bits per heavy atom. The van der Waals surface area contributed by atoms with Crippen molar-refractivity contribution in [3.8, 4) is 5.75 Å². The van der Waals surface area contributed by atoms with Gasteiger partial charge in [-0.3, -0.25) is 4.79 Å². The molecule has 2 amide bonds. The number of carbonyl (C=O) groups excluding carboxylic acids is 2. The van der Waals surface area contributed by atoms with Crippen molar-refractivity contribution >= 4 is 12.0 Å². The number of cyclic esters (lactones) is 1. The minimum atomic E-state index is -0.601. The van der Waals surface area contributed by atoms with Gasteiger partial charge >= 0.3 is 6.09 Å². The molecular weight excluding hydrogens is 210 g/mol. The Labute approximate surface area is 92.6 Å². The first-order chi connectivity index (χ1) is 7.74. The highest BCUT2D eigenvalue weighted by atomic mass is 16.6. The molecule has 1 aromatic carbocycles. The maximum atomic E-state index is 12.0. The molecule has 0 bridgehead atoms. The standard InChI is InChI=1S/C11H11NO4/c1-15-9-5-3-2-4-8(9)10(13)12-6-7-16-11(12)14/h2-5H,6-7H2,1H3. The third-order valence-electron chi connectivity index (χ3n) is 2.34. The highest BCUT2D eigenvalue weighted by molar-refractivity contribution is 6.05. The van der Waals surface area contributed by atoms with Crippen LogP contribution in [0.5, 0.6) is 5.75 Å². The van der Waals surface area contributed by atoms with Crippen LogP contribution in [0.4, 0.5) is 4.79 Å². The Morgan fingerprint density at radius 3 is 2.81 bits per heavy atom. The van der Waals surface area contributed by atoms with Crippen LogP contribution in [0.2, 0.25) is 0 Å². The molecule has 1 heterocycles. The van der Waals surface area contributed by atoms with Crippen molar-refractivity contribution in [2.75, 3.05) is 20.3 Å². The Balaban J connectivity index is 2.30. The predicted octanol–water partition coefficient (Wildman–Crippen LogP) is 1.29. The summed E-state index contributed by atoms with van der Waals surface area (Å²) >= 11 is 0. The molecule has 16 heavy (non-hydrogen) atoms. The van der Waals surface area contributed by atoms with E-state index in [9.17, 15) is 9.59 Å². The van der Waals surface area contributed by atoms with Crippen molar-refractivity contribution < 1.29 is 19.1 Å². The van der Waals surface area contributed by atoms with Crippen LogP contribution < -0.4 is 4.74 Å². The highest BCUT2D eigenvalue weighted by Crippen LogP contribution is 2.20. The van der Waals surface area contributed by atoms with Crippen molar-refractivity contribution in [2.24, 2.45) is 0 Å². The number of rotatable bonds is 2. The molecular formula is C11H11NO4. The third-order valence-corrected chi connectivity index (χ3v) is 2.34. The van der Waals surface area contributed by atoms with Crippen LogP contribution in [0.25, 0.3) is 0 Å². The molecule has 0 unspecified atom stereocenters. The van der Waals surface area contributed by atoms with Gasteiger partial charge in [0.1, 0.15) is 12.4 Å². The fourth-order valence-electron chi connectivity index (χ4n) is 1.54. The fraction of sp³-hybridized carbons (Fsp3) is 0.273. The van der Waals surface area contributed by atoms with Crippen molar-refractivity contribution in [3.63, 3.8) is 0 Å². The molecule has 0 aliphatic carbocycles. The first-order valence-electron chi connectivity index (χ1n) is 4.85. The van der Waals surface area contributed by atoms with Crippen molar-refractivity contribution in [2.45, 2.75) is 0 Å². The minimum Gasteiger partial charge on any atom is -0.496 e. The monoisotopic (exact) mass is 221 g/mol. The molecule has 0 spiro atoms. The Bertz CT molecular complexity index is 430. The van der Waals surface area contributed by atoms with E-state index in [-0.39, 0.29) is 19.1 Å². The number of imide groups is 1. The number of nitrogens with zero attached hydrogens (tertiary/aromatic N) is 1. The Hall–Kier alpha value is -2.04. The number of methoxy groups -OCH3 is 1. The van der Waals surface area contributed by atoms with Gasteiger partial charge in [-0.15, -0.1) is 0 Å². The number of hydrogen-bond acceptors (Lipinski definition) is 4. The van der Waals surface area contributed by atoms with Crippen LogP contribution >= 0.6 is 0 Å². The van der Waals surface area contributed by atoms with Crippen LogP contribution in [0.3, 0.4) is 0 Å². The Morgan fingerprint density at radius 1 is 1.44 bits per heavy atom. The van der Waals surface area contributed by atoms with Crippen LogP contribution in [0.15, 0.2) is 24.3 Å². The summed E-state index contributed by atoms with van der Waals surface area (Å²) in [5.74, 6) is 0.0622. The molecule has 1 saturated heterocycles. The van der Waals surface area contributed by atoms with E-state index in [1.807, 2.05) is 0 Å². The second-order valence-corrected chi connectivity index (χ2v) is 3.27. The molecule has 0 aromatic heterocycles. The lowest BCUT2D eigenvalue weighted by atomic mass is 10.2. The predicted molar refractivity (Wildman–Crippen MR) is 55.4 cm³/mol. The number of para-hydroxylation sites is 1. The SMILES string of the molecule is COc1ccccc1C(=O)N1CCOC1=O. The lowest BCUT2D eigenvalue weighted by molar-refractivity contribution is 0.0806. The van der Waals surface area contributed by atoms with Crippen LogP contribution in [-0.2, 0) is 4.74 Å². The summed E-state index contributed by atoms with van der Waals surface area (Å²) in [6.07, 6.45) is -0.601. The molecule has 0 radical (unpaired) electrons. The summed E-state index contributed by atoms with van der Waals surface area (Å²) in [5, 5.41) is 0. The average molecular weight is 221 g/mol. The lowest BCUT2D eigenvalue weighted by Crippen LogP contribution is -2.31. The maximum Gasteiger partial charge on any atom is 0.416 e. The first-order valence-corrected chi connectivity index (χ1v) is 4.85. The van der Waals surface area contributed by atoms with Crippen molar-refractivity contribution in [3.05, 3.63) is 29.8 Å². The molecule has 1 aromatic rings. The van der Waals surface area contributed by atoms with E-state index in [0.29, 0.717) is 11.3 Å². The van der Waals surface area contributed by atoms with Gasteiger partial charge in [0, 0.05) is 0 Å². The summed E-state index contributed by atoms with van der Waals surface area (Å²) in [4.78, 5) is 24.3. The van der Waals surface area contributed by atoms with Gasteiger partial charge in [-0.25, -0.2) is 9.69 Å². The van der Waals surface area contributed by atoms with Gasteiger partial charge in [0.25, 0.3) is 5.91 Å². The van der Waals surface area contributed by atoms with E-state index in [1.165, 1.54) is 7.11 Å². The second kappa shape index (κ2) is 4.22. The van der Waals surface area contributed by atoms with Gasteiger partial charge in [0.05, 0.1) is 19.2 Å². The Kier molecular flexibility index (Phi) is 2.76. The minimum absolute atomic E-state index is 0.250. The second-order valence-electron chi connectivity index (χ2n) is 3.27. The van der Waals surface area contributed by atoms with E-state index >= 15 is 0 Å². The molecule has 0 atom stereocenters. The van der Waals surface area contributed by atoms with Crippen LogP contribution in [0, 0.1) is 0 Å². The molecule has 5 nitrogen and oxygen atoms in total. The van der Waals surface area contributed by atoms with Gasteiger partial charge < -0.3 is 9.47 Å². The van der Waals surface area contributed by atoms with Gasteiger partial charge in [-0.05, 0) is 12.1 Å². The summed E-state index contributed by atoms with van der Waals surface area (Å²) in [7, 11) is 1.48. The van der Waals surface area contributed by atoms with Gasteiger partial charge in [-0.1, -0.05) is 12.1 Å². The van der Waals surface area contributed by atoms with Crippen LogP contribution in [-0.4, -0.2) is 37.2 Å². The van der Waals surface area contributed by atoms with E-state index in [4.69, 9.17) is 9.47 Å². The zero-order valence-corrected chi connectivity index (χ0v) is 8.80. The number of hydrogen-bond donors (Lipinski definition) is 0. The molecule has 84 valence electrons. The summed E-state index contributed by atoms with van der Waals surface area (Å²) in [6.45, 7) is 0.537. The van der Waals surface area contributed by atoms with Crippen LogP contribution in [0.1, 0.15) is 10.4 Å². The zero-order chi connectivity index (χ0) is 11.5. The topological polar surface area (TPSA) is 55.8 Å². The summed E-state index contributed by atoms with van der Waals surface area (Å²) < 4.78 is 9.77. The number of benzene rings is 1. The third kappa shape index (κ3) is 1.71. The lowest BCUT2D eigenvalue weighted by Gasteiger charge is -2.12.